The number of aromatic nitrogens is 1. The Morgan fingerprint density at radius 3 is 2.41 bits per heavy atom. The minimum Gasteiger partial charge on any atom is -0.419 e. The van der Waals surface area contributed by atoms with E-state index >= 15 is 0 Å². The second kappa shape index (κ2) is 9.46. The lowest BCUT2D eigenvalue weighted by Crippen LogP contribution is -2.46. The highest BCUT2D eigenvalue weighted by atomic mass is 31.1. The van der Waals surface area contributed by atoms with Gasteiger partial charge in [0.25, 0.3) is 0 Å². The molecule has 1 aliphatic carbocycles. The fourth-order valence-electron chi connectivity index (χ4n) is 3.45. The molecular weight excluding hydrogens is 432 g/mol. The molecule has 1 N–H and O–H groups in total. The highest BCUT2D eigenvalue weighted by molar-refractivity contribution is 7.43. The molecule has 1 aromatic heterocycles. The van der Waals surface area contributed by atoms with Gasteiger partial charge in [-0.05, 0) is 59.9 Å². The lowest BCUT2D eigenvalue weighted by Gasteiger charge is -2.22. The van der Waals surface area contributed by atoms with Crippen LogP contribution in [0.25, 0.3) is 11.1 Å². The monoisotopic (exact) mass is 458 g/mol. The largest absolute Gasteiger partial charge is 0.542 e. The molecule has 1 aromatic carbocycles. The van der Waals surface area contributed by atoms with Crippen LogP contribution < -0.4 is 4.74 Å². The molecule has 1 saturated carbocycles. The number of nitrogens with zero attached hydrogens (tertiary/aromatic N) is 1. The van der Waals surface area contributed by atoms with Crippen LogP contribution in [-0.2, 0) is 13.9 Å². The molecule has 1 heterocycles. The standard InChI is InChI=1S/C24H26FNO5P/c1-6-24(15(4)27,32(29)30-5)23(28)31-22-19(16-9-11-18(25)12-10-16)13-20(17-7-8-17)26-21(22)14(2)3/h1,9-15,17,27H,7-8H2,2-5H3/q+1. The van der Waals surface area contributed by atoms with Gasteiger partial charge in [-0.2, -0.15) is 0 Å². The molecule has 3 rings (SSSR count). The molecule has 0 amide bonds. The zero-order valence-electron chi connectivity index (χ0n) is 18.5. The van der Waals surface area contributed by atoms with Crippen molar-refractivity contribution in [1.29, 1.82) is 0 Å². The van der Waals surface area contributed by atoms with E-state index in [0.29, 0.717) is 22.7 Å². The molecule has 6 nitrogen and oxygen atoms in total. The van der Waals surface area contributed by atoms with Gasteiger partial charge in [-0.3, -0.25) is 4.98 Å². The maximum atomic E-state index is 13.6. The van der Waals surface area contributed by atoms with Crippen LogP contribution in [-0.4, -0.2) is 34.4 Å². The maximum Gasteiger partial charge on any atom is 0.542 e. The first-order valence-electron chi connectivity index (χ1n) is 10.4. The number of rotatable bonds is 8. The predicted molar refractivity (Wildman–Crippen MR) is 119 cm³/mol. The molecule has 3 atom stereocenters. The van der Waals surface area contributed by atoms with Gasteiger partial charge in [0.2, 0.25) is 0 Å². The molecule has 0 radical (unpaired) electrons. The highest BCUT2D eigenvalue weighted by Gasteiger charge is 2.63. The molecule has 8 heteroatoms. The minimum atomic E-state index is -2.78. The summed E-state index contributed by atoms with van der Waals surface area (Å²) < 4.78 is 36.7. The van der Waals surface area contributed by atoms with Crippen LogP contribution in [0, 0.1) is 18.2 Å². The number of aliphatic hydroxyl groups excluding tert-OH is 1. The van der Waals surface area contributed by atoms with Crippen molar-refractivity contribution in [2.24, 2.45) is 0 Å². The van der Waals surface area contributed by atoms with Crippen LogP contribution in [0.5, 0.6) is 5.75 Å². The number of carbonyl (C=O) groups excluding carboxylic acids is 1. The minimum absolute atomic E-state index is 0.126. The van der Waals surface area contributed by atoms with E-state index in [9.17, 15) is 18.9 Å². The van der Waals surface area contributed by atoms with E-state index in [1.807, 2.05) is 19.9 Å². The van der Waals surface area contributed by atoms with Gasteiger partial charge in [0.1, 0.15) is 11.9 Å². The number of benzene rings is 1. The van der Waals surface area contributed by atoms with Gasteiger partial charge >= 0.3 is 19.2 Å². The van der Waals surface area contributed by atoms with Crippen molar-refractivity contribution < 1.29 is 28.1 Å². The first-order chi connectivity index (χ1) is 15.1. The number of hydrogen-bond acceptors (Lipinski definition) is 6. The number of esters is 1. The van der Waals surface area contributed by atoms with Crippen molar-refractivity contribution in [2.45, 2.75) is 56.7 Å². The number of terminal acetylenes is 1. The lowest BCUT2D eigenvalue weighted by atomic mass is 9.97. The van der Waals surface area contributed by atoms with Gasteiger partial charge < -0.3 is 9.84 Å². The van der Waals surface area contributed by atoms with E-state index in [4.69, 9.17) is 20.7 Å². The van der Waals surface area contributed by atoms with E-state index < -0.39 is 31.1 Å². The summed E-state index contributed by atoms with van der Waals surface area (Å²) in [7, 11) is -1.65. The molecule has 0 saturated heterocycles. The molecular formula is C24H26FNO5P+. The summed E-state index contributed by atoms with van der Waals surface area (Å²) in [6.45, 7) is 5.07. The highest BCUT2D eigenvalue weighted by Crippen LogP contribution is 2.47. The Kier molecular flexibility index (Phi) is 7.09. The summed E-state index contributed by atoms with van der Waals surface area (Å²) in [4.78, 5) is 18.0. The average molecular weight is 458 g/mol. The molecule has 0 bridgehead atoms. The third kappa shape index (κ3) is 4.45. The van der Waals surface area contributed by atoms with Crippen LogP contribution in [0.2, 0.25) is 0 Å². The quantitative estimate of drug-likeness (QED) is 0.343. The third-order valence-corrected chi connectivity index (χ3v) is 7.09. The van der Waals surface area contributed by atoms with Crippen molar-refractivity contribution in [3.05, 3.63) is 47.5 Å². The summed E-state index contributed by atoms with van der Waals surface area (Å²) in [6.07, 6.45) is 6.08. The molecule has 1 fully saturated rings. The Bertz CT molecular complexity index is 1070. The smallest absolute Gasteiger partial charge is 0.419 e. The van der Waals surface area contributed by atoms with Gasteiger partial charge in [-0.25, -0.2) is 9.18 Å². The summed E-state index contributed by atoms with van der Waals surface area (Å²) in [6, 6.07) is 7.63. The van der Waals surface area contributed by atoms with E-state index in [2.05, 4.69) is 5.92 Å². The molecule has 0 aliphatic heterocycles. The Hall–Kier alpha value is -2.65. The van der Waals surface area contributed by atoms with Crippen LogP contribution in [0.3, 0.4) is 0 Å². The summed E-state index contributed by atoms with van der Waals surface area (Å²) in [5, 5.41) is 8.07. The summed E-state index contributed by atoms with van der Waals surface area (Å²) in [5.74, 6) is 0.995. The zero-order chi connectivity index (χ0) is 23.6. The molecule has 32 heavy (non-hydrogen) atoms. The third-order valence-electron chi connectivity index (χ3n) is 5.50. The van der Waals surface area contributed by atoms with Crippen molar-refractivity contribution in [2.75, 3.05) is 7.11 Å². The normalized spacial score (nSPS) is 16.8. The van der Waals surface area contributed by atoms with Crippen LogP contribution in [0.4, 0.5) is 4.39 Å². The number of hydrogen-bond donors (Lipinski definition) is 1. The van der Waals surface area contributed by atoms with Crippen molar-refractivity contribution in [1.82, 2.24) is 4.98 Å². The molecule has 3 unspecified atom stereocenters. The van der Waals surface area contributed by atoms with E-state index in [1.54, 1.807) is 12.1 Å². The Morgan fingerprint density at radius 2 is 1.94 bits per heavy atom. The first-order valence-corrected chi connectivity index (χ1v) is 11.5. The average Bonchev–Trinajstić information content (AvgIpc) is 3.60. The topological polar surface area (TPSA) is 85.7 Å². The molecule has 1 aliphatic rings. The number of ether oxygens (including phenoxy) is 1. The number of carbonyl (C=O) groups is 1. The SMILES string of the molecule is C#CC(C(=O)Oc1c(-c2ccc(F)cc2)cc(C2CC2)nc1C(C)C)(C(C)O)[P+](=O)OC. The van der Waals surface area contributed by atoms with E-state index in [0.717, 1.165) is 25.6 Å². The second-order valence-electron chi connectivity index (χ2n) is 8.16. The Labute approximate surface area is 188 Å². The fourth-order valence-corrected chi connectivity index (χ4v) is 4.34. The Morgan fingerprint density at radius 1 is 1.31 bits per heavy atom. The van der Waals surface area contributed by atoms with Gasteiger partial charge in [0.15, 0.2) is 5.75 Å². The number of aliphatic hydroxyl groups is 1. The van der Waals surface area contributed by atoms with Crippen molar-refractivity contribution >= 4 is 14.0 Å². The molecule has 0 spiro atoms. The Balaban J connectivity index is 2.19. The van der Waals surface area contributed by atoms with Gasteiger partial charge in [-0.15, -0.1) is 10.9 Å². The second-order valence-corrected chi connectivity index (χ2v) is 9.75. The van der Waals surface area contributed by atoms with E-state index in [-0.39, 0.29) is 11.7 Å². The lowest BCUT2D eigenvalue weighted by molar-refractivity contribution is -0.138. The van der Waals surface area contributed by atoms with E-state index in [1.165, 1.54) is 19.1 Å². The van der Waals surface area contributed by atoms with Crippen molar-refractivity contribution in [3.8, 4) is 29.2 Å². The summed E-state index contributed by atoms with van der Waals surface area (Å²) >= 11 is 0. The number of halogens is 1. The van der Waals surface area contributed by atoms with Crippen LogP contribution in [0.15, 0.2) is 30.3 Å². The molecule has 2 aromatic rings. The zero-order valence-corrected chi connectivity index (χ0v) is 19.4. The van der Waals surface area contributed by atoms with Crippen molar-refractivity contribution in [3.63, 3.8) is 0 Å². The maximum absolute atomic E-state index is 13.6. The molecule has 168 valence electrons. The van der Waals surface area contributed by atoms with Crippen LogP contribution >= 0.6 is 8.03 Å². The predicted octanol–water partition coefficient (Wildman–Crippen LogP) is 4.94. The van der Waals surface area contributed by atoms with Gasteiger partial charge in [-0.1, -0.05) is 26.0 Å². The van der Waals surface area contributed by atoms with Gasteiger partial charge in [0.05, 0.1) is 12.8 Å². The first kappa shape index (κ1) is 24.0. The van der Waals surface area contributed by atoms with Crippen LogP contribution in [0.1, 0.15) is 56.8 Å². The fraction of sp³-hybridized carbons (Fsp3) is 0.417. The van der Waals surface area contributed by atoms with Gasteiger partial charge in [0, 0.05) is 17.2 Å². The summed E-state index contributed by atoms with van der Waals surface area (Å²) in [5.41, 5.74) is 2.56. The number of pyridine rings is 1.